The maximum Gasteiger partial charge on any atom is 0.311 e. The van der Waals surface area contributed by atoms with Gasteiger partial charge in [-0.1, -0.05) is 22.0 Å². The van der Waals surface area contributed by atoms with Gasteiger partial charge in [0.25, 0.3) is 0 Å². The zero-order valence-electron chi connectivity index (χ0n) is 7.16. The molecule has 0 aromatic heterocycles. The van der Waals surface area contributed by atoms with Gasteiger partial charge >= 0.3 is 5.97 Å². The van der Waals surface area contributed by atoms with Crippen LogP contribution in [0.15, 0.2) is 22.7 Å². The number of carboxylic acid groups (broad SMARTS) is 1. The third-order valence-corrected chi connectivity index (χ3v) is 2.87. The van der Waals surface area contributed by atoms with Gasteiger partial charge in [0.15, 0.2) is 5.78 Å². The summed E-state index contributed by atoms with van der Waals surface area (Å²) in [5.41, 5.74) is 1.16. The van der Waals surface area contributed by atoms with Crippen LogP contribution in [0.4, 0.5) is 0 Å². The molecule has 1 aromatic carbocycles. The van der Waals surface area contributed by atoms with E-state index < -0.39 is 11.9 Å². The highest BCUT2D eigenvalue weighted by Gasteiger charge is 2.33. The number of hydrogen-bond acceptors (Lipinski definition) is 2. The molecule has 0 saturated carbocycles. The Morgan fingerprint density at radius 2 is 2.21 bits per heavy atom. The number of rotatable bonds is 1. The molecule has 0 radical (unpaired) electrons. The Balaban J connectivity index is 2.55. The molecule has 0 aliphatic heterocycles. The van der Waals surface area contributed by atoms with E-state index in [4.69, 9.17) is 5.11 Å². The van der Waals surface area contributed by atoms with Crippen molar-refractivity contribution in [2.75, 3.05) is 0 Å². The molecule has 3 nitrogen and oxygen atoms in total. The number of hydrogen-bond donors (Lipinski definition) is 1. The number of Topliss-reactive ketones (excluding diaryl/α,β-unsaturated/α-hetero) is 1. The Hall–Kier alpha value is -1.16. The Morgan fingerprint density at radius 1 is 1.50 bits per heavy atom. The largest absolute Gasteiger partial charge is 0.481 e. The third kappa shape index (κ3) is 1.35. The normalized spacial score (nSPS) is 19.5. The quantitative estimate of drug-likeness (QED) is 0.836. The van der Waals surface area contributed by atoms with E-state index in [0.29, 0.717) is 11.1 Å². The van der Waals surface area contributed by atoms with E-state index in [0.717, 1.165) is 4.47 Å². The van der Waals surface area contributed by atoms with E-state index in [1.807, 2.05) is 0 Å². The van der Waals surface area contributed by atoms with Crippen molar-refractivity contribution in [3.8, 4) is 0 Å². The number of fused-ring (bicyclic) bond motifs is 1. The van der Waals surface area contributed by atoms with E-state index in [1.165, 1.54) is 0 Å². The van der Waals surface area contributed by atoms with E-state index in [1.54, 1.807) is 18.2 Å². The van der Waals surface area contributed by atoms with Crippen molar-refractivity contribution in [3.05, 3.63) is 33.8 Å². The summed E-state index contributed by atoms with van der Waals surface area (Å²) in [6.07, 6.45) is 0.0844. The van der Waals surface area contributed by atoms with Gasteiger partial charge in [0.2, 0.25) is 0 Å². The monoisotopic (exact) mass is 254 g/mol. The van der Waals surface area contributed by atoms with Gasteiger partial charge in [0, 0.05) is 16.5 Å². The number of benzene rings is 1. The number of ketones is 1. The number of carboxylic acids is 1. The Labute approximate surface area is 88.9 Å². The molecule has 1 aliphatic carbocycles. The Kier molecular flexibility index (Phi) is 2.15. The van der Waals surface area contributed by atoms with Gasteiger partial charge in [0.05, 0.1) is 5.92 Å². The smallest absolute Gasteiger partial charge is 0.311 e. The van der Waals surface area contributed by atoms with Gasteiger partial charge < -0.3 is 5.11 Å². The predicted molar refractivity (Wildman–Crippen MR) is 53.5 cm³/mol. The lowest BCUT2D eigenvalue weighted by atomic mass is 10.0. The van der Waals surface area contributed by atoms with Crippen LogP contribution in [0.2, 0.25) is 0 Å². The van der Waals surface area contributed by atoms with Gasteiger partial charge in [-0.2, -0.15) is 0 Å². The van der Waals surface area contributed by atoms with Crippen LogP contribution in [-0.4, -0.2) is 16.9 Å². The van der Waals surface area contributed by atoms with E-state index >= 15 is 0 Å². The average molecular weight is 255 g/mol. The zero-order chi connectivity index (χ0) is 10.3. The summed E-state index contributed by atoms with van der Waals surface area (Å²) in [7, 11) is 0. The Bertz CT molecular complexity index is 425. The number of carbonyl (C=O) groups is 2. The second-order valence-electron chi connectivity index (χ2n) is 3.25. The first-order chi connectivity index (χ1) is 6.59. The van der Waals surface area contributed by atoms with E-state index in [-0.39, 0.29) is 12.2 Å². The average Bonchev–Trinajstić information content (AvgIpc) is 2.44. The van der Waals surface area contributed by atoms with Gasteiger partial charge in [-0.25, -0.2) is 0 Å². The standard InChI is InChI=1S/C10H7BrO3/c11-5-1-2-6-7(3-5)9(12)4-8(6)10(13)14/h1-3,8H,4H2,(H,13,14)/t8-/m0/s1. The summed E-state index contributed by atoms with van der Waals surface area (Å²) in [6.45, 7) is 0. The summed E-state index contributed by atoms with van der Waals surface area (Å²) in [6, 6.07) is 5.14. The molecule has 1 N–H and O–H groups in total. The molecule has 0 saturated heterocycles. The minimum atomic E-state index is -0.931. The second-order valence-corrected chi connectivity index (χ2v) is 4.17. The maximum absolute atomic E-state index is 11.4. The lowest BCUT2D eigenvalue weighted by molar-refractivity contribution is -0.138. The minimum Gasteiger partial charge on any atom is -0.481 e. The SMILES string of the molecule is O=C1C[C@H](C(=O)O)c2ccc(Br)cc21. The first-order valence-corrected chi connectivity index (χ1v) is 4.94. The molecular formula is C10H7BrO3. The van der Waals surface area contributed by atoms with Crippen molar-refractivity contribution in [2.45, 2.75) is 12.3 Å². The van der Waals surface area contributed by atoms with Crippen molar-refractivity contribution in [1.29, 1.82) is 0 Å². The van der Waals surface area contributed by atoms with Crippen molar-refractivity contribution in [3.63, 3.8) is 0 Å². The molecule has 14 heavy (non-hydrogen) atoms. The van der Waals surface area contributed by atoms with Gasteiger partial charge in [-0.15, -0.1) is 0 Å². The topological polar surface area (TPSA) is 54.4 Å². The van der Waals surface area contributed by atoms with Crippen LogP contribution < -0.4 is 0 Å². The van der Waals surface area contributed by atoms with Crippen LogP contribution in [0.5, 0.6) is 0 Å². The van der Waals surface area contributed by atoms with Crippen LogP contribution in [-0.2, 0) is 4.79 Å². The molecule has 0 heterocycles. The summed E-state index contributed by atoms with van der Waals surface area (Å²) in [4.78, 5) is 22.3. The summed E-state index contributed by atoms with van der Waals surface area (Å²) in [5, 5.41) is 8.88. The van der Waals surface area contributed by atoms with Crippen molar-refractivity contribution in [1.82, 2.24) is 0 Å². The van der Waals surface area contributed by atoms with Crippen molar-refractivity contribution >= 4 is 27.7 Å². The highest BCUT2D eigenvalue weighted by atomic mass is 79.9. The highest BCUT2D eigenvalue weighted by Crippen LogP contribution is 2.34. The molecule has 0 fully saturated rings. The molecule has 2 rings (SSSR count). The fourth-order valence-electron chi connectivity index (χ4n) is 1.70. The predicted octanol–water partition coefficient (Wildman–Crippen LogP) is 2.20. The molecule has 72 valence electrons. The number of aliphatic carboxylic acids is 1. The molecule has 1 aromatic rings. The Morgan fingerprint density at radius 3 is 2.86 bits per heavy atom. The van der Waals surface area contributed by atoms with Gasteiger partial charge in [-0.05, 0) is 17.7 Å². The molecular weight excluding hydrogens is 248 g/mol. The molecule has 1 atom stereocenters. The zero-order valence-corrected chi connectivity index (χ0v) is 8.74. The van der Waals surface area contributed by atoms with E-state index in [9.17, 15) is 9.59 Å². The molecule has 0 unspecified atom stereocenters. The fraction of sp³-hybridized carbons (Fsp3) is 0.200. The summed E-state index contributed by atoms with van der Waals surface area (Å²) in [5.74, 6) is -1.68. The van der Waals surface area contributed by atoms with Crippen LogP contribution in [0.1, 0.15) is 28.3 Å². The van der Waals surface area contributed by atoms with E-state index in [2.05, 4.69) is 15.9 Å². The number of carbonyl (C=O) groups excluding carboxylic acids is 1. The molecule has 1 aliphatic rings. The lowest BCUT2D eigenvalue weighted by Gasteiger charge is -2.03. The van der Waals surface area contributed by atoms with Crippen LogP contribution in [0, 0.1) is 0 Å². The van der Waals surface area contributed by atoms with Crippen molar-refractivity contribution < 1.29 is 14.7 Å². The van der Waals surface area contributed by atoms with Gasteiger partial charge in [-0.3, -0.25) is 9.59 Å². The minimum absolute atomic E-state index is 0.0844. The molecule has 0 bridgehead atoms. The second kappa shape index (κ2) is 3.20. The maximum atomic E-state index is 11.4. The van der Waals surface area contributed by atoms with Gasteiger partial charge in [0.1, 0.15) is 0 Å². The van der Waals surface area contributed by atoms with Crippen molar-refractivity contribution in [2.24, 2.45) is 0 Å². The highest BCUT2D eigenvalue weighted by molar-refractivity contribution is 9.10. The molecule has 0 amide bonds. The summed E-state index contributed by atoms with van der Waals surface area (Å²) >= 11 is 3.25. The van der Waals surface area contributed by atoms with Crippen LogP contribution in [0.25, 0.3) is 0 Å². The number of halogens is 1. The molecule has 4 heteroatoms. The fourth-order valence-corrected chi connectivity index (χ4v) is 2.06. The lowest BCUT2D eigenvalue weighted by Crippen LogP contribution is -2.08. The van der Waals surface area contributed by atoms with Crippen LogP contribution in [0.3, 0.4) is 0 Å². The molecule has 0 spiro atoms. The third-order valence-electron chi connectivity index (χ3n) is 2.38. The first-order valence-electron chi connectivity index (χ1n) is 4.15. The summed E-state index contributed by atoms with van der Waals surface area (Å²) < 4.78 is 0.802. The first kappa shape index (κ1) is 9.40. The van der Waals surface area contributed by atoms with Crippen LogP contribution >= 0.6 is 15.9 Å².